The average Bonchev–Trinajstić information content (AvgIpc) is 3.37. The molecule has 0 spiro atoms. The molecule has 4 aromatic carbocycles. The van der Waals surface area contributed by atoms with Crippen molar-refractivity contribution in [1.29, 1.82) is 0 Å². The van der Waals surface area contributed by atoms with Crippen LogP contribution in [0.5, 0.6) is 0 Å². The van der Waals surface area contributed by atoms with Crippen LogP contribution in [0.1, 0.15) is 39.4 Å². The Morgan fingerprint density at radius 1 is 0.816 bits per heavy atom. The highest BCUT2D eigenvalue weighted by molar-refractivity contribution is 9.10. The van der Waals surface area contributed by atoms with Gasteiger partial charge in [0.25, 0.3) is 0 Å². The average molecular weight is 570 g/mol. The Hall–Kier alpha value is -3.28. The van der Waals surface area contributed by atoms with E-state index in [1.807, 2.05) is 17.0 Å². The molecule has 0 aromatic heterocycles. The van der Waals surface area contributed by atoms with Crippen LogP contribution in [0.25, 0.3) is 0 Å². The highest BCUT2D eigenvalue weighted by Crippen LogP contribution is 2.38. The monoisotopic (exact) mass is 568 g/mol. The van der Waals surface area contributed by atoms with Gasteiger partial charge in [-0.25, -0.2) is 4.39 Å². The number of hydrogen-bond donors (Lipinski definition) is 0. The van der Waals surface area contributed by atoms with Gasteiger partial charge < -0.3 is 4.90 Å². The second-order valence-electron chi connectivity index (χ2n) is 10.3. The van der Waals surface area contributed by atoms with E-state index in [1.165, 1.54) is 28.3 Å². The fraction of sp³-hybridized carbons (Fsp3) is 0.242. The number of nitrogens with zero attached hydrogens (tertiary/aromatic N) is 2. The summed E-state index contributed by atoms with van der Waals surface area (Å²) in [5.74, 6) is -0.221. The minimum absolute atomic E-state index is 0.0125. The molecular weight excluding hydrogens is 539 g/mol. The van der Waals surface area contributed by atoms with Gasteiger partial charge in [-0.1, -0.05) is 101 Å². The Labute approximate surface area is 232 Å². The van der Waals surface area contributed by atoms with Gasteiger partial charge in [-0.3, -0.25) is 9.69 Å². The Balaban J connectivity index is 1.32. The van der Waals surface area contributed by atoms with Gasteiger partial charge in [0.15, 0.2) is 0 Å². The summed E-state index contributed by atoms with van der Waals surface area (Å²) in [6, 6.07) is 32.0. The quantitative estimate of drug-likeness (QED) is 0.257. The van der Waals surface area contributed by atoms with Gasteiger partial charge in [-0.05, 0) is 59.2 Å². The lowest BCUT2D eigenvalue weighted by Crippen LogP contribution is -2.48. The maximum Gasteiger partial charge on any atom is 0.237 e. The first-order valence-corrected chi connectivity index (χ1v) is 14.0. The molecule has 4 aromatic rings. The van der Waals surface area contributed by atoms with E-state index in [2.05, 4.69) is 87.6 Å². The molecule has 0 bridgehead atoms. The smallest absolute Gasteiger partial charge is 0.237 e. The molecule has 5 heteroatoms. The highest BCUT2D eigenvalue weighted by Gasteiger charge is 2.35. The second kappa shape index (κ2) is 10.8. The summed E-state index contributed by atoms with van der Waals surface area (Å²) in [4.78, 5) is 18.4. The Morgan fingerprint density at radius 3 is 2.13 bits per heavy atom. The van der Waals surface area contributed by atoms with Crippen molar-refractivity contribution in [3.8, 4) is 0 Å². The van der Waals surface area contributed by atoms with Crippen LogP contribution < -0.4 is 0 Å². The van der Waals surface area contributed by atoms with Crippen molar-refractivity contribution in [2.45, 2.75) is 37.9 Å². The maximum atomic E-state index is 14.8. The van der Waals surface area contributed by atoms with Crippen molar-refractivity contribution in [2.75, 3.05) is 13.1 Å². The molecule has 3 nitrogen and oxygen atoms in total. The van der Waals surface area contributed by atoms with Crippen molar-refractivity contribution in [1.82, 2.24) is 9.80 Å². The van der Waals surface area contributed by atoms with E-state index < -0.39 is 0 Å². The lowest BCUT2D eigenvalue weighted by Gasteiger charge is -2.39. The molecule has 38 heavy (non-hydrogen) atoms. The molecule has 0 radical (unpaired) electrons. The molecular formula is C33H30BrFN2O. The zero-order valence-corrected chi connectivity index (χ0v) is 22.8. The number of amides is 1. The summed E-state index contributed by atoms with van der Waals surface area (Å²) < 4.78 is 15.8. The van der Waals surface area contributed by atoms with Crippen molar-refractivity contribution < 1.29 is 9.18 Å². The van der Waals surface area contributed by atoms with Gasteiger partial charge >= 0.3 is 0 Å². The molecule has 1 atom stereocenters. The van der Waals surface area contributed by atoms with Gasteiger partial charge in [0.2, 0.25) is 5.91 Å². The van der Waals surface area contributed by atoms with Crippen LogP contribution in [-0.2, 0) is 30.6 Å². The first-order chi connectivity index (χ1) is 18.6. The highest BCUT2D eigenvalue weighted by atomic mass is 79.9. The van der Waals surface area contributed by atoms with E-state index in [9.17, 15) is 9.18 Å². The number of halogens is 2. The molecule has 1 aliphatic carbocycles. The first kappa shape index (κ1) is 25.0. The largest absolute Gasteiger partial charge is 0.333 e. The molecule has 1 amide bonds. The molecule has 0 saturated heterocycles. The number of hydrogen-bond acceptors (Lipinski definition) is 2. The number of fused-ring (bicyclic) bond motifs is 2. The third-order valence-electron chi connectivity index (χ3n) is 8.01. The van der Waals surface area contributed by atoms with Crippen LogP contribution in [-0.4, -0.2) is 34.8 Å². The number of benzene rings is 4. The van der Waals surface area contributed by atoms with Crippen molar-refractivity contribution in [3.63, 3.8) is 0 Å². The fourth-order valence-electron chi connectivity index (χ4n) is 6.10. The molecule has 0 N–H and O–H groups in total. The van der Waals surface area contributed by atoms with E-state index in [-0.39, 0.29) is 36.9 Å². The zero-order chi connectivity index (χ0) is 26.1. The summed E-state index contributed by atoms with van der Waals surface area (Å²) >= 11 is 3.77. The third kappa shape index (κ3) is 4.93. The summed E-state index contributed by atoms with van der Waals surface area (Å²) in [5.41, 5.74) is 6.84. The van der Waals surface area contributed by atoms with E-state index in [4.69, 9.17) is 0 Å². The van der Waals surface area contributed by atoms with Crippen molar-refractivity contribution in [3.05, 3.63) is 141 Å². The predicted molar refractivity (Wildman–Crippen MR) is 152 cm³/mol. The SMILES string of the molecule is O=C(CN1CCc2ccccc2C1c1ccccc1Br)N(Cc1ccccc1F)C1Cc2ccccc2C1. The number of carbonyl (C=O) groups is 1. The third-order valence-corrected chi connectivity index (χ3v) is 8.73. The molecule has 6 rings (SSSR count). The minimum Gasteiger partial charge on any atom is -0.333 e. The van der Waals surface area contributed by atoms with Crippen molar-refractivity contribution >= 4 is 21.8 Å². The van der Waals surface area contributed by atoms with Gasteiger partial charge in [0.05, 0.1) is 12.6 Å². The van der Waals surface area contributed by atoms with Crippen LogP contribution in [0.4, 0.5) is 4.39 Å². The zero-order valence-electron chi connectivity index (χ0n) is 21.2. The van der Waals surface area contributed by atoms with E-state index in [1.54, 1.807) is 12.1 Å². The lowest BCUT2D eigenvalue weighted by molar-refractivity contribution is -0.136. The predicted octanol–water partition coefficient (Wildman–Crippen LogP) is 6.73. The lowest BCUT2D eigenvalue weighted by atomic mass is 9.88. The molecule has 1 unspecified atom stereocenters. The van der Waals surface area contributed by atoms with Crippen LogP contribution in [0.3, 0.4) is 0 Å². The molecule has 1 aliphatic heterocycles. The summed E-state index contributed by atoms with van der Waals surface area (Å²) in [7, 11) is 0. The van der Waals surface area contributed by atoms with E-state index >= 15 is 0 Å². The van der Waals surface area contributed by atoms with Gasteiger partial charge in [0, 0.05) is 29.2 Å². The van der Waals surface area contributed by atoms with Crippen LogP contribution >= 0.6 is 15.9 Å². The van der Waals surface area contributed by atoms with Crippen molar-refractivity contribution in [2.24, 2.45) is 0 Å². The summed E-state index contributed by atoms with van der Waals surface area (Å²) in [6.07, 6.45) is 2.49. The molecule has 1 heterocycles. The van der Waals surface area contributed by atoms with Crippen LogP contribution in [0, 0.1) is 5.82 Å². The molecule has 0 saturated carbocycles. The minimum atomic E-state index is -0.265. The van der Waals surface area contributed by atoms with Crippen LogP contribution in [0.15, 0.2) is 102 Å². The molecule has 0 fully saturated rings. The van der Waals surface area contributed by atoms with E-state index in [0.717, 1.165) is 35.8 Å². The fourth-order valence-corrected chi connectivity index (χ4v) is 6.60. The maximum absolute atomic E-state index is 14.8. The van der Waals surface area contributed by atoms with Gasteiger partial charge in [-0.15, -0.1) is 0 Å². The summed E-state index contributed by atoms with van der Waals surface area (Å²) in [6.45, 7) is 1.34. The standard InChI is InChI=1S/C33H30BrFN2O/c34-30-15-7-6-14-29(30)33-28-13-5-3-9-23(28)17-18-36(33)22-32(38)37(21-26-12-4-8-16-31(26)35)27-19-24-10-1-2-11-25(24)20-27/h1-16,27,33H,17-22H2. The van der Waals surface area contributed by atoms with Crippen LogP contribution in [0.2, 0.25) is 0 Å². The Bertz CT molecular complexity index is 1450. The van der Waals surface area contributed by atoms with E-state index in [0.29, 0.717) is 5.56 Å². The summed E-state index contributed by atoms with van der Waals surface area (Å²) in [5, 5.41) is 0. The molecule has 192 valence electrons. The Kier molecular flexibility index (Phi) is 7.14. The van der Waals surface area contributed by atoms with Gasteiger partial charge in [0.1, 0.15) is 5.82 Å². The number of rotatable bonds is 6. The second-order valence-corrected chi connectivity index (χ2v) is 11.1. The topological polar surface area (TPSA) is 23.6 Å². The molecule has 2 aliphatic rings. The first-order valence-electron chi connectivity index (χ1n) is 13.2. The Morgan fingerprint density at radius 2 is 1.42 bits per heavy atom. The van der Waals surface area contributed by atoms with Gasteiger partial charge in [-0.2, -0.15) is 0 Å². The normalized spacial score (nSPS) is 17.2. The number of carbonyl (C=O) groups excluding carboxylic acids is 1.